The third-order valence-electron chi connectivity index (χ3n) is 5.30. The summed E-state index contributed by atoms with van der Waals surface area (Å²) >= 11 is 5.89. The average Bonchev–Trinajstić information content (AvgIpc) is 3.24. The van der Waals surface area contributed by atoms with Gasteiger partial charge in [-0.15, -0.1) is 12.4 Å². The van der Waals surface area contributed by atoms with Gasteiger partial charge in [-0.05, 0) is 37.5 Å². The van der Waals surface area contributed by atoms with Crippen LogP contribution in [0.1, 0.15) is 50.3 Å². The summed E-state index contributed by atoms with van der Waals surface area (Å²) in [5, 5.41) is 4.71. The number of hydrogen-bond acceptors (Lipinski definition) is 2. The number of ether oxygens (including phenoxy) is 1. The molecule has 0 unspecified atom stereocenters. The molecule has 0 amide bonds. The molecule has 0 aliphatic heterocycles. The van der Waals surface area contributed by atoms with Gasteiger partial charge in [0.1, 0.15) is 12.4 Å². The maximum Gasteiger partial charge on any atom is 0.396 e. The molecule has 3 nitrogen and oxygen atoms in total. The normalized spacial score (nSPS) is 15.9. The molecule has 1 aliphatic carbocycles. The van der Waals surface area contributed by atoms with Crippen molar-refractivity contribution in [2.24, 2.45) is 5.41 Å². The van der Waals surface area contributed by atoms with Crippen LogP contribution in [0.3, 0.4) is 0 Å². The predicted octanol–water partition coefficient (Wildman–Crippen LogP) is 6.75. The quantitative estimate of drug-likeness (QED) is 0.432. The Morgan fingerprint density at radius 1 is 1.21 bits per heavy atom. The number of aromatic nitrogens is 2. The smallest absolute Gasteiger partial charge is 0.396 e. The largest absolute Gasteiger partial charge is 0.473 e. The second kappa shape index (κ2) is 9.56. The molecule has 1 saturated carbocycles. The van der Waals surface area contributed by atoms with Gasteiger partial charge >= 0.3 is 6.18 Å². The Hall–Kier alpha value is -1.47. The van der Waals surface area contributed by atoms with Crippen LogP contribution >= 0.6 is 24.0 Å². The maximum atomic E-state index is 13.9. The molecule has 0 radical (unpaired) electrons. The van der Waals surface area contributed by atoms with Crippen LogP contribution in [0, 0.1) is 11.2 Å². The van der Waals surface area contributed by atoms with Crippen LogP contribution < -0.4 is 4.74 Å². The van der Waals surface area contributed by atoms with E-state index in [2.05, 4.69) is 5.10 Å². The van der Waals surface area contributed by atoms with Gasteiger partial charge in [0, 0.05) is 16.7 Å². The summed E-state index contributed by atoms with van der Waals surface area (Å²) in [5.41, 5.74) is -0.884. The van der Waals surface area contributed by atoms with Gasteiger partial charge in [0.2, 0.25) is 5.88 Å². The van der Waals surface area contributed by atoms with Crippen LogP contribution in [-0.4, -0.2) is 16.0 Å². The van der Waals surface area contributed by atoms with E-state index in [-0.39, 0.29) is 49.8 Å². The van der Waals surface area contributed by atoms with E-state index in [0.717, 1.165) is 6.42 Å². The van der Waals surface area contributed by atoms with Crippen LogP contribution in [0.15, 0.2) is 24.3 Å². The molecular weight excluding hydrogens is 431 g/mol. The van der Waals surface area contributed by atoms with Gasteiger partial charge in [0.25, 0.3) is 0 Å². The highest BCUT2D eigenvalue weighted by Gasteiger charge is 2.56. The Kier molecular flexibility index (Phi) is 7.85. The maximum absolute atomic E-state index is 13.9. The van der Waals surface area contributed by atoms with Crippen molar-refractivity contribution in [3.8, 4) is 5.88 Å². The van der Waals surface area contributed by atoms with E-state index in [1.54, 1.807) is 6.07 Å². The molecule has 1 heterocycles. The second-order valence-corrected chi connectivity index (χ2v) is 7.83. The fourth-order valence-electron chi connectivity index (χ4n) is 3.73. The van der Waals surface area contributed by atoms with E-state index in [9.17, 15) is 17.6 Å². The van der Waals surface area contributed by atoms with Crippen LogP contribution in [0.5, 0.6) is 5.88 Å². The first-order chi connectivity index (χ1) is 13.2. The first-order valence-corrected chi connectivity index (χ1v) is 9.82. The van der Waals surface area contributed by atoms with Gasteiger partial charge in [-0.1, -0.05) is 37.8 Å². The molecular formula is C20H24Cl2F4N2O. The van der Waals surface area contributed by atoms with Crippen molar-refractivity contribution in [2.75, 3.05) is 0 Å². The number of hydrogen-bond donors (Lipinski definition) is 0. The van der Waals surface area contributed by atoms with E-state index >= 15 is 0 Å². The van der Waals surface area contributed by atoms with Crippen molar-refractivity contribution in [3.63, 3.8) is 0 Å². The molecule has 0 spiro atoms. The number of nitrogens with zero attached hydrogens (tertiary/aromatic N) is 2. The minimum atomic E-state index is -4.31. The van der Waals surface area contributed by atoms with E-state index < -0.39 is 17.4 Å². The van der Waals surface area contributed by atoms with Crippen LogP contribution in [-0.2, 0) is 19.6 Å². The lowest BCUT2D eigenvalue weighted by atomic mass is 9.85. The van der Waals surface area contributed by atoms with Gasteiger partial charge in [0.15, 0.2) is 0 Å². The predicted molar refractivity (Wildman–Crippen MR) is 106 cm³/mol. The topological polar surface area (TPSA) is 27.1 Å². The molecule has 0 bridgehead atoms. The third kappa shape index (κ3) is 5.37. The van der Waals surface area contributed by atoms with Gasteiger partial charge in [-0.3, -0.25) is 0 Å². The lowest BCUT2D eigenvalue weighted by Gasteiger charge is -2.31. The SMILES string of the molecule is CCCc1cc(OCc2cc(Cl)ccc2F)n(CC2(C(F)(F)F)CCCC2)n1.Cl. The number of rotatable bonds is 7. The highest BCUT2D eigenvalue weighted by molar-refractivity contribution is 6.30. The summed E-state index contributed by atoms with van der Waals surface area (Å²) in [5.74, 6) is -0.259. The number of benzene rings is 1. The van der Waals surface area contributed by atoms with Crippen molar-refractivity contribution >= 4 is 24.0 Å². The van der Waals surface area contributed by atoms with Crippen molar-refractivity contribution < 1.29 is 22.3 Å². The highest BCUT2D eigenvalue weighted by Crippen LogP contribution is 2.51. The molecule has 1 aliphatic rings. The zero-order valence-electron chi connectivity index (χ0n) is 16.1. The Labute approximate surface area is 178 Å². The summed E-state index contributed by atoms with van der Waals surface area (Å²) < 4.78 is 62.3. The Balaban J connectivity index is 0.00000300. The third-order valence-corrected chi connectivity index (χ3v) is 5.53. The van der Waals surface area contributed by atoms with E-state index in [1.807, 2.05) is 6.92 Å². The fourth-order valence-corrected chi connectivity index (χ4v) is 3.93. The molecule has 3 rings (SSSR count). The fraction of sp³-hybridized carbons (Fsp3) is 0.550. The number of halogens is 6. The minimum absolute atomic E-state index is 0. The molecule has 2 aromatic rings. The monoisotopic (exact) mass is 454 g/mol. The van der Waals surface area contributed by atoms with E-state index in [1.165, 1.54) is 22.9 Å². The van der Waals surface area contributed by atoms with Gasteiger partial charge in [0.05, 0.1) is 17.7 Å². The van der Waals surface area contributed by atoms with Crippen LogP contribution in [0.2, 0.25) is 5.02 Å². The molecule has 9 heteroatoms. The van der Waals surface area contributed by atoms with Gasteiger partial charge in [-0.25, -0.2) is 9.07 Å². The first kappa shape index (κ1) is 23.8. The molecule has 1 aromatic carbocycles. The van der Waals surface area contributed by atoms with E-state index in [0.29, 0.717) is 30.0 Å². The number of alkyl halides is 3. The van der Waals surface area contributed by atoms with Gasteiger partial charge in [-0.2, -0.15) is 18.3 Å². The molecule has 0 N–H and O–H groups in total. The Morgan fingerprint density at radius 2 is 1.90 bits per heavy atom. The lowest BCUT2D eigenvalue weighted by molar-refractivity contribution is -0.228. The summed E-state index contributed by atoms with van der Waals surface area (Å²) in [6, 6.07) is 5.75. The molecule has 1 aromatic heterocycles. The van der Waals surface area contributed by atoms with Crippen LogP contribution in [0.4, 0.5) is 17.6 Å². The first-order valence-electron chi connectivity index (χ1n) is 9.44. The van der Waals surface area contributed by atoms with Crippen molar-refractivity contribution in [3.05, 3.63) is 46.4 Å². The Bertz CT molecular complexity index is 817. The van der Waals surface area contributed by atoms with E-state index in [4.69, 9.17) is 16.3 Å². The lowest BCUT2D eigenvalue weighted by Crippen LogP contribution is -2.39. The van der Waals surface area contributed by atoms with Crippen molar-refractivity contribution in [2.45, 2.75) is 64.8 Å². The summed E-state index contributed by atoms with van der Waals surface area (Å²) in [4.78, 5) is 0. The molecule has 1 fully saturated rings. The van der Waals surface area contributed by atoms with Crippen molar-refractivity contribution in [1.29, 1.82) is 0 Å². The average molecular weight is 455 g/mol. The zero-order valence-corrected chi connectivity index (χ0v) is 17.6. The standard InChI is InChI=1S/C20H23ClF4N2O.ClH/c1-2-5-16-11-18(28-12-14-10-15(21)6-7-17(14)22)27(26-16)13-19(20(23,24)25)8-3-4-9-19;/h6-7,10-11H,2-5,8-9,12-13H2,1H3;1H. The van der Waals surface area contributed by atoms with Crippen molar-refractivity contribution in [1.82, 2.24) is 9.78 Å². The minimum Gasteiger partial charge on any atom is -0.473 e. The van der Waals surface area contributed by atoms with Gasteiger partial charge < -0.3 is 4.74 Å². The molecule has 29 heavy (non-hydrogen) atoms. The molecule has 162 valence electrons. The highest BCUT2D eigenvalue weighted by atomic mass is 35.5. The second-order valence-electron chi connectivity index (χ2n) is 7.39. The summed E-state index contributed by atoms with van der Waals surface area (Å²) in [7, 11) is 0. The molecule has 0 saturated heterocycles. The Morgan fingerprint density at radius 3 is 2.52 bits per heavy atom. The molecule has 0 atom stereocenters. The zero-order chi connectivity index (χ0) is 20.4. The summed E-state index contributed by atoms with van der Waals surface area (Å²) in [6.07, 6.45) is -1.60. The number of aryl methyl sites for hydroxylation is 1. The summed E-state index contributed by atoms with van der Waals surface area (Å²) in [6.45, 7) is 1.55. The van der Waals surface area contributed by atoms with Crippen LogP contribution in [0.25, 0.3) is 0 Å².